The predicted octanol–water partition coefficient (Wildman–Crippen LogP) is 5.49. The Kier molecular flexibility index (Phi) is 8.77. The second-order valence-corrected chi connectivity index (χ2v) is 8.60. The quantitative estimate of drug-likeness (QED) is 0.380. The molecule has 1 aromatic heterocycles. The van der Waals surface area contributed by atoms with Gasteiger partial charge in [0.05, 0.1) is 17.3 Å². The van der Waals surface area contributed by atoms with Crippen LogP contribution in [0.2, 0.25) is 0 Å². The summed E-state index contributed by atoms with van der Waals surface area (Å²) in [6.45, 7) is 8.98. The highest BCUT2D eigenvalue weighted by atomic mass is 19.1. The zero-order valence-electron chi connectivity index (χ0n) is 21.7. The van der Waals surface area contributed by atoms with Crippen LogP contribution in [-0.2, 0) is 0 Å². The Morgan fingerprint density at radius 1 is 1.14 bits per heavy atom. The Labute approximate surface area is 212 Å². The van der Waals surface area contributed by atoms with E-state index in [0.29, 0.717) is 34.0 Å². The van der Waals surface area contributed by atoms with Crippen LogP contribution in [0.1, 0.15) is 42.3 Å². The molecule has 8 heteroatoms. The third-order valence-electron chi connectivity index (χ3n) is 5.84. The Morgan fingerprint density at radius 3 is 2.44 bits per heavy atom. The zero-order valence-corrected chi connectivity index (χ0v) is 21.7. The van der Waals surface area contributed by atoms with E-state index in [9.17, 15) is 9.18 Å². The number of anilines is 1. The summed E-state index contributed by atoms with van der Waals surface area (Å²) in [5.41, 5.74) is 3.75. The summed E-state index contributed by atoms with van der Waals surface area (Å²) in [5, 5.41) is 13.8. The number of aryl methyl sites for hydroxylation is 1. The Morgan fingerprint density at radius 2 is 1.83 bits per heavy atom. The van der Waals surface area contributed by atoms with Crippen LogP contribution in [0.4, 0.5) is 10.1 Å². The number of aromatic nitrogens is 1. The largest absolute Gasteiger partial charge is 0.457 e. The lowest BCUT2D eigenvalue weighted by Crippen LogP contribution is -2.57. The van der Waals surface area contributed by atoms with Crippen LogP contribution in [0, 0.1) is 18.2 Å². The van der Waals surface area contributed by atoms with Crippen LogP contribution in [0.3, 0.4) is 0 Å². The third kappa shape index (κ3) is 6.07. The first-order valence-electron chi connectivity index (χ1n) is 12.1. The van der Waals surface area contributed by atoms with Gasteiger partial charge in [0.15, 0.2) is 0 Å². The van der Waals surface area contributed by atoms with Crippen LogP contribution in [0.15, 0.2) is 48.7 Å². The summed E-state index contributed by atoms with van der Waals surface area (Å²) in [6, 6.07) is 12.0. The molecule has 2 heterocycles. The van der Waals surface area contributed by atoms with Crippen LogP contribution >= 0.6 is 0 Å². The molecule has 3 aromatic rings. The van der Waals surface area contributed by atoms with Crippen molar-refractivity contribution in [2.75, 3.05) is 32.5 Å². The molecule has 7 nitrogen and oxygen atoms in total. The number of carbonyl (C=O) groups is 1. The summed E-state index contributed by atoms with van der Waals surface area (Å²) in [4.78, 5) is 19.0. The number of pyridine rings is 1. The number of likely N-dealkylation sites (N-methyl/N-ethyl adjacent to an activating group) is 1. The fraction of sp³-hybridized carbons (Fsp3) is 0.321. The summed E-state index contributed by atoms with van der Waals surface area (Å²) in [5.74, 6) is 0.168. The van der Waals surface area contributed by atoms with Gasteiger partial charge >= 0.3 is 0 Å². The summed E-state index contributed by atoms with van der Waals surface area (Å²) in [7, 11) is 3.77. The van der Waals surface area contributed by atoms with Gasteiger partial charge in [-0.15, -0.1) is 0 Å². The van der Waals surface area contributed by atoms with Crippen molar-refractivity contribution in [1.82, 2.24) is 15.2 Å². The number of halogens is 1. The van der Waals surface area contributed by atoms with E-state index in [4.69, 9.17) is 10.1 Å². The average molecular weight is 492 g/mol. The number of ether oxygens (including phenoxy) is 1. The van der Waals surface area contributed by atoms with Crippen molar-refractivity contribution >= 4 is 17.3 Å². The minimum absolute atomic E-state index is 0.0480. The smallest absolute Gasteiger partial charge is 0.254 e. The molecule has 1 saturated heterocycles. The molecule has 1 aliphatic heterocycles. The second-order valence-electron chi connectivity index (χ2n) is 8.60. The van der Waals surface area contributed by atoms with Crippen LogP contribution < -0.4 is 15.4 Å². The van der Waals surface area contributed by atoms with Crippen molar-refractivity contribution in [2.24, 2.45) is 0 Å². The number of benzene rings is 2. The molecule has 0 aliphatic carbocycles. The highest BCUT2D eigenvalue weighted by Crippen LogP contribution is 2.30. The van der Waals surface area contributed by atoms with E-state index in [1.165, 1.54) is 6.07 Å². The molecule has 1 fully saturated rings. The fourth-order valence-electron chi connectivity index (χ4n) is 4.12. The molecule has 0 atom stereocenters. The van der Waals surface area contributed by atoms with Gasteiger partial charge < -0.3 is 25.7 Å². The molecular formula is C28H34FN5O2. The van der Waals surface area contributed by atoms with Crippen molar-refractivity contribution in [3.8, 4) is 22.8 Å². The van der Waals surface area contributed by atoms with Crippen molar-refractivity contribution in [1.29, 1.82) is 5.41 Å². The van der Waals surface area contributed by atoms with E-state index in [0.717, 1.165) is 24.3 Å². The minimum atomic E-state index is -0.579. The molecule has 36 heavy (non-hydrogen) atoms. The van der Waals surface area contributed by atoms with Gasteiger partial charge in [-0.25, -0.2) is 4.39 Å². The second kappa shape index (κ2) is 11.8. The van der Waals surface area contributed by atoms with E-state index < -0.39 is 11.7 Å². The molecule has 4 rings (SSSR count). The zero-order chi connectivity index (χ0) is 26.4. The Bertz CT molecular complexity index is 1230. The molecule has 0 unspecified atom stereocenters. The molecule has 3 N–H and O–H groups in total. The normalized spacial score (nSPS) is 13.2. The summed E-state index contributed by atoms with van der Waals surface area (Å²) in [6.07, 6.45) is 1.60. The number of rotatable bonds is 7. The molecule has 1 aliphatic rings. The number of hydrogen-bond donors (Lipinski definition) is 3. The van der Waals surface area contributed by atoms with Gasteiger partial charge in [-0.05, 0) is 56.8 Å². The molecule has 0 radical (unpaired) electrons. The molecule has 190 valence electrons. The number of hydrogen-bond acceptors (Lipinski definition) is 6. The topological polar surface area (TPSA) is 90.3 Å². The first kappa shape index (κ1) is 26.8. The number of nitrogens with one attached hydrogen (secondary N) is 3. The summed E-state index contributed by atoms with van der Waals surface area (Å²) < 4.78 is 21.0. The maximum atomic E-state index is 15.0. The van der Waals surface area contributed by atoms with Crippen molar-refractivity contribution in [2.45, 2.75) is 33.7 Å². The van der Waals surface area contributed by atoms with Gasteiger partial charge in [0, 0.05) is 61.0 Å². The highest BCUT2D eigenvalue weighted by Gasteiger charge is 2.27. The lowest BCUT2D eigenvalue weighted by molar-refractivity contribution is 0.0853. The predicted molar refractivity (Wildman–Crippen MR) is 143 cm³/mol. The van der Waals surface area contributed by atoms with Crippen molar-refractivity contribution in [3.63, 3.8) is 0 Å². The monoisotopic (exact) mass is 491 g/mol. The number of likely N-dealkylation sites (tertiary alicyclic amines) is 1. The maximum Gasteiger partial charge on any atom is 0.254 e. The number of nitrogens with zero attached hydrogens (tertiary/aromatic N) is 2. The van der Waals surface area contributed by atoms with Crippen LogP contribution in [0.25, 0.3) is 11.3 Å². The summed E-state index contributed by atoms with van der Waals surface area (Å²) >= 11 is 0. The number of amides is 1. The van der Waals surface area contributed by atoms with Gasteiger partial charge in [0.2, 0.25) is 0 Å². The Hall–Kier alpha value is -3.78. The van der Waals surface area contributed by atoms with E-state index >= 15 is 0 Å². The molecule has 0 bridgehead atoms. The van der Waals surface area contributed by atoms with Crippen LogP contribution in [0.5, 0.6) is 11.5 Å². The van der Waals surface area contributed by atoms with Crippen LogP contribution in [-0.4, -0.2) is 54.7 Å². The van der Waals surface area contributed by atoms with Crippen molar-refractivity contribution < 1.29 is 13.9 Å². The standard InChI is InChI=1S/C26H28FN5O2.C2H6/c1-15-9-17(10-22(27)25(15)26(33)31-18-13-32(4)14-18)23-11-20(7-8-30-23)34-19-5-6-21(16(2)28)24(12-19)29-3;1-2/h5-12,18,28-29H,13-14H2,1-4H3,(H,31,33);1-2H3. The van der Waals surface area contributed by atoms with E-state index in [2.05, 4.69) is 20.5 Å². The third-order valence-corrected chi connectivity index (χ3v) is 5.84. The molecule has 2 aromatic carbocycles. The van der Waals surface area contributed by atoms with E-state index in [1.54, 1.807) is 51.4 Å². The van der Waals surface area contributed by atoms with Gasteiger partial charge in [0.1, 0.15) is 17.3 Å². The van der Waals surface area contributed by atoms with Gasteiger partial charge in [0.25, 0.3) is 5.91 Å². The highest BCUT2D eigenvalue weighted by molar-refractivity contribution is 6.01. The maximum absolute atomic E-state index is 15.0. The number of carbonyl (C=O) groups excluding carboxylic acids is 1. The molecular weight excluding hydrogens is 457 g/mol. The SMILES string of the molecule is CC.CNc1cc(Oc2ccnc(-c3cc(C)c(C(=O)NC4CN(C)C4)c(F)c3)c2)ccc1C(C)=N. The first-order chi connectivity index (χ1) is 17.2. The van der Waals surface area contributed by atoms with Gasteiger partial charge in [-0.3, -0.25) is 9.78 Å². The van der Waals surface area contributed by atoms with E-state index in [1.807, 2.05) is 33.0 Å². The lowest BCUT2D eigenvalue weighted by atomic mass is 10.0. The van der Waals surface area contributed by atoms with Gasteiger partial charge in [-0.2, -0.15) is 0 Å². The van der Waals surface area contributed by atoms with E-state index in [-0.39, 0.29) is 11.6 Å². The fourth-order valence-corrected chi connectivity index (χ4v) is 4.12. The molecule has 1 amide bonds. The Balaban J connectivity index is 0.00000176. The molecule has 0 saturated carbocycles. The average Bonchev–Trinajstić information content (AvgIpc) is 2.83. The van der Waals surface area contributed by atoms with Crippen molar-refractivity contribution in [3.05, 3.63) is 71.2 Å². The van der Waals surface area contributed by atoms with Gasteiger partial charge in [-0.1, -0.05) is 13.8 Å². The minimum Gasteiger partial charge on any atom is -0.457 e. The molecule has 0 spiro atoms. The lowest BCUT2D eigenvalue weighted by Gasteiger charge is -2.36. The first-order valence-corrected chi connectivity index (χ1v) is 12.1.